The molecule has 3 atom stereocenters. The minimum atomic E-state index is -0.626. The third-order valence-corrected chi connectivity index (χ3v) is 5.67. The van der Waals surface area contributed by atoms with Crippen molar-refractivity contribution >= 4 is 5.91 Å². The Bertz CT molecular complexity index is 938. The minimum Gasteiger partial charge on any atom is -0.459 e. The Labute approximate surface area is 205 Å². The van der Waals surface area contributed by atoms with Gasteiger partial charge in [0.15, 0.2) is 5.76 Å². The van der Waals surface area contributed by atoms with Gasteiger partial charge in [-0.05, 0) is 42.7 Å². The molecule has 1 aliphatic heterocycles. The molecule has 0 saturated carbocycles. The Hall–Kier alpha value is -2.78. The highest BCUT2D eigenvalue weighted by Gasteiger charge is 2.37. The van der Waals surface area contributed by atoms with Crippen LogP contribution in [-0.4, -0.2) is 56.9 Å². The first-order valence-electron chi connectivity index (χ1n) is 12.0. The average Bonchev–Trinajstić information content (AvgIpc) is 2.88. The van der Waals surface area contributed by atoms with Gasteiger partial charge in [0, 0.05) is 31.6 Å². The maximum atomic E-state index is 13.5. The SMILES string of the molecule is CCO[C@H]1OC(C(=O)NCc2cccc(F)c2)=C[C@@H](c2ccccc2)[C@H]1CCOCCOCCO. The number of hydrogen-bond donors (Lipinski definition) is 2. The van der Waals surface area contributed by atoms with Crippen molar-refractivity contribution in [2.75, 3.05) is 39.6 Å². The third-order valence-electron chi connectivity index (χ3n) is 5.67. The van der Waals surface area contributed by atoms with Gasteiger partial charge in [0.05, 0.1) is 26.4 Å². The molecule has 190 valence electrons. The number of hydrogen-bond acceptors (Lipinski definition) is 6. The molecule has 7 nitrogen and oxygen atoms in total. The molecular formula is C27H34FNO6. The maximum absolute atomic E-state index is 13.5. The molecule has 0 aromatic heterocycles. The van der Waals surface area contributed by atoms with Crippen molar-refractivity contribution in [2.45, 2.75) is 32.1 Å². The maximum Gasteiger partial charge on any atom is 0.286 e. The van der Waals surface area contributed by atoms with Crippen LogP contribution in [0.2, 0.25) is 0 Å². The highest BCUT2D eigenvalue weighted by molar-refractivity contribution is 5.91. The molecule has 1 heterocycles. The molecule has 2 N–H and O–H groups in total. The van der Waals surface area contributed by atoms with Crippen molar-refractivity contribution in [1.29, 1.82) is 0 Å². The lowest BCUT2D eigenvalue weighted by Crippen LogP contribution is -2.39. The number of carbonyl (C=O) groups excluding carboxylic acids is 1. The van der Waals surface area contributed by atoms with Crippen LogP contribution in [0.3, 0.4) is 0 Å². The van der Waals surface area contributed by atoms with Crippen LogP contribution in [-0.2, 0) is 30.3 Å². The normalized spacial score (nSPS) is 19.6. The second kappa shape index (κ2) is 14.6. The molecule has 0 bridgehead atoms. The molecule has 0 saturated heterocycles. The number of benzene rings is 2. The quantitative estimate of drug-likeness (QED) is 0.397. The van der Waals surface area contributed by atoms with Crippen LogP contribution in [0.1, 0.15) is 30.4 Å². The second-order valence-electron chi connectivity index (χ2n) is 8.12. The fourth-order valence-corrected chi connectivity index (χ4v) is 4.02. The van der Waals surface area contributed by atoms with E-state index in [0.29, 0.717) is 38.4 Å². The van der Waals surface area contributed by atoms with Crippen molar-refractivity contribution in [3.05, 3.63) is 83.4 Å². The number of carbonyl (C=O) groups is 1. The van der Waals surface area contributed by atoms with Crippen molar-refractivity contribution in [2.24, 2.45) is 5.92 Å². The first-order valence-corrected chi connectivity index (χ1v) is 12.0. The molecule has 0 radical (unpaired) electrons. The zero-order chi connectivity index (χ0) is 24.9. The highest BCUT2D eigenvalue weighted by atomic mass is 19.1. The second-order valence-corrected chi connectivity index (χ2v) is 8.12. The van der Waals surface area contributed by atoms with E-state index in [4.69, 9.17) is 24.1 Å². The van der Waals surface area contributed by atoms with Crippen molar-refractivity contribution in [1.82, 2.24) is 5.32 Å². The molecule has 1 aliphatic rings. The Morgan fingerprint density at radius 3 is 2.54 bits per heavy atom. The van der Waals surface area contributed by atoms with E-state index in [1.54, 1.807) is 12.1 Å². The standard InChI is InChI=1S/C27H34FNO6/c1-2-34-27-23(11-13-32-15-16-33-14-12-30)24(21-8-4-3-5-9-21)18-25(35-27)26(31)29-19-20-7-6-10-22(28)17-20/h3-10,17-18,23-24,27,30H,2,11-16,19H2,1H3,(H,29,31)/t23-,24+,27+/m1/s1. The highest BCUT2D eigenvalue weighted by Crippen LogP contribution is 2.38. The third kappa shape index (κ3) is 8.43. The van der Waals surface area contributed by atoms with E-state index in [9.17, 15) is 9.18 Å². The van der Waals surface area contributed by atoms with E-state index in [2.05, 4.69) is 5.32 Å². The summed E-state index contributed by atoms with van der Waals surface area (Å²) in [6.07, 6.45) is 1.86. The van der Waals surface area contributed by atoms with Crippen LogP contribution in [0.15, 0.2) is 66.4 Å². The fourth-order valence-electron chi connectivity index (χ4n) is 4.02. The van der Waals surface area contributed by atoms with E-state index in [0.717, 1.165) is 5.56 Å². The summed E-state index contributed by atoms with van der Waals surface area (Å²) in [6.45, 7) is 4.07. The van der Waals surface area contributed by atoms with Crippen molar-refractivity contribution < 1.29 is 33.2 Å². The van der Waals surface area contributed by atoms with E-state index < -0.39 is 6.29 Å². The lowest BCUT2D eigenvalue weighted by Gasteiger charge is -2.37. The summed E-state index contributed by atoms with van der Waals surface area (Å²) < 4.78 is 36.4. The Morgan fingerprint density at radius 1 is 1.06 bits per heavy atom. The lowest BCUT2D eigenvalue weighted by molar-refractivity contribution is -0.168. The fraction of sp³-hybridized carbons (Fsp3) is 0.444. The molecule has 8 heteroatoms. The van der Waals surface area contributed by atoms with Gasteiger partial charge in [0.1, 0.15) is 5.82 Å². The summed E-state index contributed by atoms with van der Waals surface area (Å²) in [5.41, 5.74) is 1.71. The lowest BCUT2D eigenvalue weighted by atomic mass is 9.81. The number of halogens is 1. The Balaban J connectivity index is 1.71. The van der Waals surface area contributed by atoms with Gasteiger partial charge in [0.2, 0.25) is 6.29 Å². The van der Waals surface area contributed by atoms with Crippen LogP contribution < -0.4 is 5.32 Å². The van der Waals surface area contributed by atoms with Gasteiger partial charge in [0.25, 0.3) is 5.91 Å². The van der Waals surface area contributed by atoms with Gasteiger partial charge >= 0.3 is 0 Å². The molecule has 2 aromatic carbocycles. The number of aliphatic hydroxyl groups is 1. The molecule has 0 fully saturated rings. The van der Waals surface area contributed by atoms with Crippen LogP contribution in [0, 0.1) is 11.7 Å². The predicted molar refractivity (Wildman–Crippen MR) is 129 cm³/mol. The van der Waals surface area contributed by atoms with Crippen LogP contribution in [0.4, 0.5) is 4.39 Å². The number of rotatable bonds is 14. The van der Waals surface area contributed by atoms with Crippen LogP contribution >= 0.6 is 0 Å². The topological polar surface area (TPSA) is 86.3 Å². The summed E-state index contributed by atoms with van der Waals surface area (Å²) in [5.74, 6) is -0.740. The summed E-state index contributed by atoms with van der Waals surface area (Å²) in [4.78, 5) is 13.0. The van der Waals surface area contributed by atoms with Crippen molar-refractivity contribution in [3.8, 4) is 0 Å². The van der Waals surface area contributed by atoms with E-state index in [1.807, 2.05) is 43.3 Å². The van der Waals surface area contributed by atoms with Gasteiger partial charge in [-0.25, -0.2) is 4.39 Å². The number of amides is 1. The summed E-state index contributed by atoms with van der Waals surface area (Å²) in [5, 5.41) is 11.6. The molecule has 0 spiro atoms. The van der Waals surface area contributed by atoms with E-state index >= 15 is 0 Å². The van der Waals surface area contributed by atoms with Gasteiger partial charge in [-0.2, -0.15) is 0 Å². The van der Waals surface area contributed by atoms with Crippen molar-refractivity contribution in [3.63, 3.8) is 0 Å². The molecule has 3 rings (SSSR count). The zero-order valence-corrected chi connectivity index (χ0v) is 20.0. The summed E-state index contributed by atoms with van der Waals surface area (Å²) in [7, 11) is 0. The minimum absolute atomic E-state index is 0.0152. The Morgan fingerprint density at radius 2 is 1.83 bits per heavy atom. The predicted octanol–water partition coefficient (Wildman–Crippen LogP) is 3.53. The molecule has 35 heavy (non-hydrogen) atoms. The molecule has 1 amide bonds. The van der Waals surface area contributed by atoms with Gasteiger partial charge in [-0.15, -0.1) is 0 Å². The van der Waals surface area contributed by atoms with Gasteiger partial charge in [-0.3, -0.25) is 4.79 Å². The van der Waals surface area contributed by atoms with E-state index in [1.165, 1.54) is 12.1 Å². The van der Waals surface area contributed by atoms with Gasteiger partial charge in [-0.1, -0.05) is 42.5 Å². The summed E-state index contributed by atoms with van der Waals surface area (Å²) >= 11 is 0. The number of ether oxygens (including phenoxy) is 4. The monoisotopic (exact) mass is 487 g/mol. The van der Waals surface area contributed by atoms with Crippen LogP contribution in [0.5, 0.6) is 0 Å². The number of nitrogens with one attached hydrogen (secondary N) is 1. The Kier molecular flexibility index (Phi) is 11.2. The average molecular weight is 488 g/mol. The smallest absolute Gasteiger partial charge is 0.286 e. The summed E-state index contributed by atoms with van der Waals surface area (Å²) in [6, 6.07) is 16.0. The van der Waals surface area contributed by atoms with Crippen LogP contribution in [0.25, 0.3) is 0 Å². The number of allylic oxidation sites excluding steroid dienone is 1. The zero-order valence-electron chi connectivity index (χ0n) is 20.0. The number of aliphatic hydroxyl groups excluding tert-OH is 1. The first kappa shape index (κ1) is 26.8. The van der Waals surface area contributed by atoms with Gasteiger partial charge < -0.3 is 29.4 Å². The molecule has 0 unspecified atom stereocenters. The molecule has 2 aromatic rings. The molecule has 0 aliphatic carbocycles. The largest absolute Gasteiger partial charge is 0.459 e. The van der Waals surface area contributed by atoms with E-state index in [-0.39, 0.29) is 49.1 Å². The molecular weight excluding hydrogens is 453 g/mol. The first-order chi connectivity index (χ1) is 17.1.